The van der Waals surface area contributed by atoms with Gasteiger partial charge in [0.1, 0.15) is 6.23 Å². The van der Waals surface area contributed by atoms with Gasteiger partial charge in [-0.2, -0.15) is 0 Å². The van der Waals surface area contributed by atoms with E-state index in [1.807, 2.05) is 32.8 Å². The maximum atomic E-state index is 5.30. The summed E-state index contributed by atoms with van der Waals surface area (Å²) in [5, 5.41) is 0. The maximum absolute atomic E-state index is 5.30. The van der Waals surface area contributed by atoms with E-state index in [1.54, 1.807) is 0 Å². The van der Waals surface area contributed by atoms with E-state index in [0.717, 1.165) is 0 Å². The van der Waals surface area contributed by atoms with Gasteiger partial charge in [-0.3, -0.25) is 4.90 Å². The molecule has 0 N–H and O–H groups in total. The van der Waals surface area contributed by atoms with Crippen LogP contribution in [0.1, 0.15) is 13.8 Å². The van der Waals surface area contributed by atoms with Crippen LogP contribution in [0.4, 0.5) is 0 Å². The van der Waals surface area contributed by atoms with Crippen molar-refractivity contribution in [1.29, 1.82) is 0 Å². The predicted octanol–water partition coefficient (Wildman–Crippen LogP) is 1.19. The molecule has 9 heavy (non-hydrogen) atoms. The normalized spacial score (nSPS) is 18.0. The highest BCUT2D eigenvalue weighted by Crippen LogP contribution is 2.02. The van der Waals surface area contributed by atoms with E-state index in [2.05, 4.69) is 12.6 Å². The summed E-state index contributed by atoms with van der Waals surface area (Å²) in [6.45, 7) is 3.90. The van der Waals surface area contributed by atoms with Crippen LogP contribution in [0.5, 0.6) is 0 Å². The summed E-state index contributed by atoms with van der Waals surface area (Å²) >= 11 is 4.08. The molecule has 2 nitrogen and oxygen atoms in total. The minimum Gasteiger partial charge on any atom is -0.350 e. The molecular formula is C6H15NOS. The molecule has 0 saturated heterocycles. The molecule has 0 aromatic rings. The van der Waals surface area contributed by atoms with Gasteiger partial charge >= 0.3 is 0 Å². The van der Waals surface area contributed by atoms with E-state index in [0.29, 0.717) is 0 Å². The number of rotatable bonds is 3. The van der Waals surface area contributed by atoms with Gasteiger partial charge in [0, 0.05) is 0 Å². The van der Waals surface area contributed by atoms with Crippen molar-refractivity contribution in [3.63, 3.8) is 0 Å². The third-order valence-corrected chi connectivity index (χ3v) is 1.24. The Morgan fingerprint density at radius 3 is 1.89 bits per heavy atom. The number of nitrogens with zero attached hydrogens (tertiary/aromatic N) is 1. The zero-order valence-electron chi connectivity index (χ0n) is 6.46. The zero-order chi connectivity index (χ0) is 7.44. The Bertz CT molecular complexity index is 75.5. The van der Waals surface area contributed by atoms with E-state index in [1.165, 1.54) is 0 Å². The van der Waals surface area contributed by atoms with Crippen LogP contribution in [0.25, 0.3) is 0 Å². The Hall–Kier alpha value is 0.270. The molecule has 0 fully saturated rings. The average Bonchev–Trinajstić information content (AvgIpc) is 1.63. The highest BCUT2D eigenvalue weighted by atomic mass is 32.1. The third kappa shape index (κ3) is 4.75. The van der Waals surface area contributed by atoms with E-state index >= 15 is 0 Å². The molecular weight excluding hydrogens is 134 g/mol. The van der Waals surface area contributed by atoms with Crippen LogP contribution in [0, 0.1) is 0 Å². The van der Waals surface area contributed by atoms with Crippen LogP contribution < -0.4 is 0 Å². The van der Waals surface area contributed by atoms with Crippen LogP contribution in [-0.4, -0.2) is 30.7 Å². The lowest BCUT2D eigenvalue weighted by Gasteiger charge is -2.21. The van der Waals surface area contributed by atoms with E-state index < -0.39 is 0 Å². The molecule has 0 spiro atoms. The van der Waals surface area contributed by atoms with Crippen LogP contribution in [-0.2, 0) is 4.74 Å². The van der Waals surface area contributed by atoms with Crippen molar-refractivity contribution in [1.82, 2.24) is 4.90 Å². The largest absolute Gasteiger partial charge is 0.350 e. The molecule has 0 aromatic heterocycles. The number of ether oxygens (including phenoxy) is 1. The van der Waals surface area contributed by atoms with Crippen LogP contribution >= 0.6 is 12.6 Å². The van der Waals surface area contributed by atoms with Crippen molar-refractivity contribution in [2.45, 2.75) is 25.5 Å². The predicted molar refractivity (Wildman–Crippen MR) is 42.7 cm³/mol. The van der Waals surface area contributed by atoms with Gasteiger partial charge in [0.25, 0.3) is 0 Å². The highest BCUT2D eigenvalue weighted by molar-refractivity contribution is 7.80. The Labute approximate surface area is 62.6 Å². The summed E-state index contributed by atoms with van der Waals surface area (Å²) in [7, 11) is 3.95. The summed E-state index contributed by atoms with van der Waals surface area (Å²) in [5.41, 5.74) is 0.0161. The minimum atomic E-state index is 0.0161. The number of hydrogen-bond donors (Lipinski definition) is 1. The Morgan fingerprint density at radius 1 is 1.33 bits per heavy atom. The quantitative estimate of drug-likeness (QED) is 0.478. The number of thiol groups is 1. The fourth-order valence-corrected chi connectivity index (χ4v) is 0.583. The van der Waals surface area contributed by atoms with E-state index in [-0.39, 0.29) is 11.7 Å². The highest BCUT2D eigenvalue weighted by Gasteiger charge is 2.05. The van der Waals surface area contributed by atoms with Crippen LogP contribution in [0.15, 0.2) is 0 Å². The fourth-order valence-electron chi connectivity index (χ4n) is 0.407. The van der Waals surface area contributed by atoms with Gasteiger partial charge in [-0.15, -0.1) is 12.6 Å². The summed E-state index contributed by atoms with van der Waals surface area (Å²) in [6, 6.07) is 0. The lowest BCUT2D eigenvalue weighted by atomic mass is 10.6. The molecule has 0 heterocycles. The summed E-state index contributed by atoms with van der Waals surface area (Å²) in [4.78, 5) is 1.99. The molecule has 3 heteroatoms. The Kier molecular flexibility index (Phi) is 4.27. The first-order valence-electron chi connectivity index (χ1n) is 3.04. The minimum absolute atomic E-state index is 0.0161. The topological polar surface area (TPSA) is 12.5 Å². The molecule has 0 aromatic carbocycles. The first-order chi connectivity index (χ1) is 4.04. The average molecular weight is 149 g/mol. The van der Waals surface area contributed by atoms with Gasteiger partial charge in [-0.1, -0.05) is 0 Å². The van der Waals surface area contributed by atoms with Gasteiger partial charge in [0.2, 0.25) is 0 Å². The van der Waals surface area contributed by atoms with Crippen molar-refractivity contribution in [2.75, 3.05) is 14.1 Å². The monoisotopic (exact) mass is 149 g/mol. The molecule has 2 unspecified atom stereocenters. The maximum Gasteiger partial charge on any atom is 0.108 e. The van der Waals surface area contributed by atoms with Crippen molar-refractivity contribution >= 4 is 12.6 Å². The second kappa shape index (κ2) is 4.14. The standard InChI is InChI=1S/C6H15NOS/c1-5(7(3)4)8-6(2)9/h5-6,9H,1-4H3. The number of hydrogen-bond acceptors (Lipinski definition) is 3. The molecule has 0 amide bonds. The smallest absolute Gasteiger partial charge is 0.108 e. The lowest BCUT2D eigenvalue weighted by Crippen LogP contribution is -2.29. The molecule has 0 aliphatic heterocycles. The van der Waals surface area contributed by atoms with Crippen molar-refractivity contribution in [3.05, 3.63) is 0 Å². The Balaban J connectivity index is 3.38. The Morgan fingerprint density at radius 2 is 1.78 bits per heavy atom. The molecule has 0 saturated carbocycles. The van der Waals surface area contributed by atoms with Crippen LogP contribution in [0.2, 0.25) is 0 Å². The van der Waals surface area contributed by atoms with Crippen molar-refractivity contribution in [3.8, 4) is 0 Å². The van der Waals surface area contributed by atoms with Crippen LogP contribution in [0.3, 0.4) is 0 Å². The molecule has 0 aliphatic rings. The first kappa shape index (κ1) is 9.27. The SMILES string of the molecule is CC(S)OC(C)N(C)C. The first-order valence-corrected chi connectivity index (χ1v) is 3.55. The second-order valence-electron chi connectivity index (χ2n) is 2.30. The van der Waals surface area contributed by atoms with Gasteiger partial charge in [0.15, 0.2) is 0 Å². The lowest BCUT2D eigenvalue weighted by molar-refractivity contribution is -0.0292. The summed E-state index contributed by atoms with van der Waals surface area (Å²) in [6.07, 6.45) is 0.150. The van der Waals surface area contributed by atoms with Gasteiger partial charge in [0.05, 0.1) is 5.44 Å². The fraction of sp³-hybridized carbons (Fsp3) is 1.00. The second-order valence-corrected chi connectivity index (χ2v) is 3.03. The van der Waals surface area contributed by atoms with Gasteiger partial charge < -0.3 is 4.74 Å². The van der Waals surface area contributed by atoms with Crippen molar-refractivity contribution < 1.29 is 4.74 Å². The van der Waals surface area contributed by atoms with Gasteiger partial charge in [-0.25, -0.2) is 0 Å². The van der Waals surface area contributed by atoms with E-state index in [4.69, 9.17) is 4.74 Å². The third-order valence-electron chi connectivity index (χ3n) is 1.12. The van der Waals surface area contributed by atoms with E-state index in [9.17, 15) is 0 Å². The summed E-state index contributed by atoms with van der Waals surface area (Å²) < 4.78 is 5.30. The van der Waals surface area contributed by atoms with Gasteiger partial charge in [-0.05, 0) is 27.9 Å². The summed E-state index contributed by atoms with van der Waals surface area (Å²) in [5.74, 6) is 0. The molecule has 2 atom stereocenters. The molecule has 0 rings (SSSR count). The molecule has 0 radical (unpaired) electrons. The molecule has 56 valence electrons. The molecule has 0 bridgehead atoms. The molecule has 0 aliphatic carbocycles. The zero-order valence-corrected chi connectivity index (χ0v) is 7.35. The van der Waals surface area contributed by atoms with Crippen molar-refractivity contribution in [2.24, 2.45) is 0 Å².